The molecule has 1 heterocycles. The van der Waals surface area contributed by atoms with E-state index in [0.717, 1.165) is 15.5 Å². The number of nitrogens with zero attached hydrogens (tertiary/aromatic N) is 1. The molecule has 2 aromatic rings. The molecule has 0 saturated heterocycles. The summed E-state index contributed by atoms with van der Waals surface area (Å²) in [6.45, 7) is 1.92. The van der Waals surface area contributed by atoms with Gasteiger partial charge in [0.25, 0.3) is 0 Å². The molecule has 88 valence electrons. The Bertz CT molecular complexity index is 480. The van der Waals surface area contributed by atoms with Crippen LogP contribution in [-0.2, 0) is 0 Å². The molecule has 0 fully saturated rings. The molecule has 2 rings (SSSR count). The molecule has 17 heavy (non-hydrogen) atoms. The largest absolute Gasteiger partial charge is 0.324 e. The summed E-state index contributed by atoms with van der Waals surface area (Å²) in [6.07, 6.45) is 1.77. The number of aromatic nitrogens is 1. The van der Waals surface area contributed by atoms with E-state index in [-0.39, 0.29) is 11.9 Å². The van der Waals surface area contributed by atoms with Crippen molar-refractivity contribution >= 4 is 11.8 Å². The van der Waals surface area contributed by atoms with Crippen molar-refractivity contribution in [3.8, 4) is 0 Å². The van der Waals surface area contributed by atoms with E-state index in [1.54, 1.807) is 18.3 Å². The average molecular weight is 248 g/mol. The lowest BCUT2D eigenvalue weighted by Gasteiger charge is -2.05. The Morgan fingerprint density at radius 2 is 1.88 bits per heavy atom. The number of pyridine rings is 1. The van der Waals surface area contributed by atoms with Gasteiger partial charge in [-0.15, -0.1) is 0 Å². The molecule has 0 amide bonds. The van der Waals surface area contributed by atoms with Gasteiger partial charge in [0, 0.05) is 17.1 Å². The van der Waals surface area contributed by atoms with Crippen LogP contribution in [0, 0.1) is 5.82 Å². The minimum absolute atomic E-state index is 0.00706. The lowest BCUT2D eigenvalue weighted by atomic mass is 10.2. The summed E-state index contributed by atoms with van der Waals surface area (Å²) in [5.74, 6) is -0.227. The van der Waals surface area contributed by atoms with Crippen molar-refractivity contribution in [1.82, 2.24) is 4.98 Å². The molecule has 2 N–H and O–H groups in total. The van der Waals surface area contributed by atoms with E-state index in [1.807, 2.05) is 19.1 Å². The minimum Gasteiger partial charge on any atom is -0.324 e. The molecule has 0 aliphatic rings. The predicted octanol–water partition coefficient (Wildman–Crippen LogP) is 3.39. The lowest BCUT2D eigenvalue weighted by Crippen LogP contribution is -2.04. The van der Waals surface area contributed by atoms with Gasteiger partial charge in [-0.1, -0.05) is 17.8 Å². The third-order valence-corrected chi connectivity index (χ3v) is 3.28. The number of rotatable bonds is 3. The van der Waals surface area contributed by atoms with Gasteiger partial charge in [-0.3, -0.25) is 0 Å². The summed E-state index contributed by atoms with van der Waals surface area (Å²) in [6, 6.07) is 10.2. The Morgan fingerprint density at radius 3 is 2.41 bits per heavy atom. The van der Waals surface area contributed by atoms with Crippen molar-refractivity contribution in [3.63, 3.8) is 0 Å². The van der Waals surface area contributed by atoms with E-state index in [1.165, 1.54) is 23.9 Å². The Balaban J connectivity index is 2.11. The smallest absolute Gasteiger partial charge is 0.123 e. The number of nitrogens with two attached hydrogens (primary N) is 1. The van der Waals surface area contributed by atoms with Crippen LogP contribution in [0.15, 0.2) is 52.5 Å². The van der Waals surface area contributed by atoms with Crippen LogP contribution in [0.5, 0.6) is 0 Å². The minimum atomic E-state index is -0.227. The van der Waals surface area contributed by atoms with Crippen LogP contribution in [0.25, 0.3) is 0 Å². The maximum atomic E-state index is 12.7. The van der Waals surface area contributed by atoms with Crippen LogP contribution in [0.2, 0.25) is 0 Å². The van der Waals surface area contributed by atoms with Crippen molar-refractivity contribution < 1.29 is 4.39 Å². The highest BCUT2D eigenvalue weighted by atomic mass is 32.2. The second-order valence-corrected chi connectivity index (χ2v) is 4.87. The van der Waals surface area contributed by atoms with E-state index in [2.05, 4.69) is 4.98 Å². The fourth-order valence-corrected chi connectivity index (χ4v) is 2.10. The zero-order chi connectivity index (χ0) is 12.3. The average Bonchev–Trinajstić information content (AvgIpc) is 2.33. The van der Waals surface area contributed by atoms with Crippen LogP contribution in [0.4, 0.5) is 4.39 Å². The molecular formula is C13H13FN2S. The van der Waals surface area contributed by atoms with Gasteiger partial charge in [0.15, 0.2) is 0 Å². The van der Waals surface area contributed by atoms with Crippen molar-refractivity contribution in [1.29, 1.82) is 0 Å². The molecule has 4 heteroatoms. The highest BCUT2D eigenvalue weighted by molar-refractivity contribution is 7.99. The van der Waals surface area contributed by atoms with Crippen molar-refractivity contribution in [2.45, 2.75) is 22.9 Å². The first-order valence-electron chi connectivity index (χ1n) is 5.30. The molecule has 0 spiro atoms. The Hall–Kier alpha value is -1.39. The summed E-state index contributed by atoms with van der Waals surface area (Å²) in [4.78, 5) is 5.27. The first kappa shape index (κ1) is 12.1. The van der Waals surface area contributed by atoms with Gasteiger partial charge < -0.3 is 5.73 Å². The summed E-state index contributed by atoms with van der Waals surface area (Å²) >= 11 is 1.50. The van der Waals surface area contributed by atoms with Crippen LogP contribution in [-0.4, -0.2) is 4.98 Å². The summed E-state index contributed by atoms with van der Waals surface area (Å²) in [5, 5.41) is 0.876. The lowest BCUT2D eigenvalue weighted by molar-refractivity contribution is 0.626. The fraction of sp³-hybridized carbons (Fsp3) is 0.154. The first-order chi connectivity index (χ1) is 8.15. The highest BCUT2D eigenvalue weighted by Crippen LogP contribution is 2.26. The van der Waals surface area contributed by atoms with Gasteiger partial charge in [-0.2, -0.15) is 0 Å². The maximum absolute atomic E-state index is 12.7. The molecule has 1 unspecified atom stereocenters. The van der Waals surface area contributed by atoms with Gasteiger partial charge in [-0.25, -0.2) is 9.37 Å². The highest BCUT2D eigenvalue weighted by Gasteiger charge is 2.02. The van der Waals surface area contributed by atoms with Crippen molar-refractivity contribution in [3.05, 3.63) is 54.0 Å². The second-order valence-electron chi connectivity index (χ2n) is 3.77. The topological polar surface area (TPSA) is 38.9 Å². The molecule has 0 aliphatic carbocycles. The molecule has 0 bridgehead atoms. The Morgan fingerprint density at radius 1 is 1.18 bits per heavy atom. The fourth-order valence-electron chi connectivity index (χ4n) is 1.34. The third-order valence-electron chi connectivity index (χ3n) is 2.32. The number of hydrogen-bond donors (Lipinski definition) is 1. The standard InChI is InChI=1S/C13H13FN2S/c1-9(15)10-2-7-13(16-8-10)17-12-5-3-11(14)4-6-12/h2-9H,15H2,1H3. The van der Waals surface area contributed by atoms with Crippen molar-refractivity contribution in [2.24, 2.45) is 5.73 Å². The van der Waals surface area contributed by atoms with Crippen LogP contribution in [0.3, 0.4) is 0 Å². The number of halogens is 1. The second kappa shape index (κ2) is 5.29. The van der Waals surface area contributed by atoms with Crippen LogP contribution >= 0.6 is 11.8 Å². The molecule has 2 nitrogen and oxygen atoms in total. The van der Waals surface area contributed by atoms with Crippen LogP contribution in [0.1, 0.15) is 18.5 Å². The molecule has 1 aromatic carbocycles. The summed E-state index contributed by atoms with van der Waals surface area (Å²) < 4.78 is 12.7. The number of benzene rings is 1. The SMILES string of the molecule is CC(N)c1ccc(Sc2ccc(F)cc2)nc1. The molecule has 0 radical (unpaired) electrons. The Labute approximate surface area is 104 Å². The zero-order valence-electron chi connectivity index (χ0n) is 9.43. The van der Waals surface area contributed by atoms with Gasteiger partial charge >= 0.3 is 0 Å². The molecule has 0 aliphatic heterocycles. The van der Waals surface area contributed by atoms with Gasteiger partial charge in [0.2, 0.25) is 0 Å². The Kier molecular flexibility index (Phi) is 3.76. The van der Waals surface area contributed by atoms with Crippen LogP contribution < -0.4 is 5.73 Å². The molecule has 1 aromatic heterocycles. The number of hydrogen-bond acceptors (Lipinski definition) is 3. The quantitative estimate of drug-likeness (QED) is 0.905. The maximum Gasteiger partial charge on any atom is 0.123 e. The van der Waals surface area contributed by atoms with Gasteiger partial charge in [0.1, 0.15) is 10.8 Å². The van der Waals surface area contributed by atoms with E-state index in [0.29, 0.717) is 0 Å². The van der Waals surface area contributed by atoms with Gasteiger partial charge in [0.05, 0.1) is 0 Å². The predicted molar refractivity (Wildman–Crippen MR) is 67.4 cm³/mol. The normalized spacial score (nSPS) is 12.4. The van der Waals surface area contributed by atoms with Crippen molar-refractivity contribution in [2.75, 3.05) is 0 Å². The zero-order valence-corrected chi connectivity index (χ0v) is 10.2. The van der Waals surface area contributed by atoms with E-state index >= 15 is 0 Å². The third kappa shape index (κ3) is 3.28. The van der Waals surface area contributed by atoms with E-state index < -0.39 is 0 Å². The molecule has 1 atom stereocenters. The molecule has 0 saturated carbocycles. The summed E-state index contributed by atoms with van der Waals surface area (Å²) in [5.41, 5.74) is 6.75. The monoisotopic (exact) mass is 248 g/mol. The molecular weight excluding hydrogens is 235 g/mol. The van der Waals surface area contributed by atoms with Gasteiger partial charge in [-0.05, 0) is 42.8 Å². The first-order valence-corrected chi connectivity index (χ1v) is 6.12. The van der Waals surface area contributed by atoms with E-state index in [9.17, 15) is 4.39 Å². The van der Waals surface area contributed by atoms with E-state index in [4.69, 9.17) is 5.73 Å². The summed E-state index contributed by atoms with van der Waals surface area (Å²) in [7, 11) is 0.